The molecule has 0 saturated carbocycles. The van der Waals surface area contributed by atoms with Crippen LogP contribution in [0, 0.1) is 6.92 Å². The Bertz CT molecular complexity index is 568. The molecule has 0 aliphatic carbocycles. The van der Waals surface area contributed by atoms with E-state index in [1.165, 1.54) is 22.5 Å². The van der Waals surface area contributed by atoms with Crippen LogP contribution in [0.3, 0.4) is 0 Å². The summed E-state index contributed by atoms with van der Waals surface area (Å²) in [5.74, 6) is 0.235. The highest BCUT2D eigenvalue weighted by Crippen LogP contribution is 2.21. The molecule has 0 aliphatic rings. The van der Waals surface area contributed by atoms with Gasteiger partial charge in [-0.15, -0.1) is 22.9 Å². The van der Waals surface area contributed by atoms with Gasteiger partial charge in [0.15, 0.2) is 5.13 Å². The van der Waals surface area contributed by atoms with Crippen LogP contribution in [0.15, 0.2) is 30.5 Å². The molecule has 0 saturated heterocycles. The average molecular weight is 295 g/mol. The standard InChI is InChI=1S/C14H15ClN2OS/c1-10-3-2-4-11(7-10)8-12-9-16-14(19-12)17-13(18)5-6-15/h2-4,7,9H,5-6,8H2,1H3,(H,16,17,18). The second-order valence-corrected chi connectivity index (χ2v) is 5.78. The zero-order valence-electron chi connectivity index (χ0n) is 10.6. The molecule has 0 unspecified atom stereocenters. The first-order valence-electron chi connectivity index (χ1n) is 6.03. The van der Waals surface area contributed by atoms with Gasteiger partial charge in [0.25, 0.3) is 0 Å². The van der Waals surface area contributed by atoms with Crippen molar-refractivity contribution in [1.82, 2.24) is 4.98 Å². The van der Waals surface area contributed by atoms with Gasteiger partial charge in [0.05, 0.1) is 0 Å². The summed E-state index contributed by atoms with van der Waals surface area (Å²) in [7, 11) is 0. The van der Waals surface area contributed by atoms with Crippen LogP contribution in [0.2, 0.25) is 0 Å². The normalized spacial score (nSPS) is 10.4. The molecule has 1 aromatic heterocycles. The van der Waals surface area contributed by atoms with E-state index in [1.807, 2.05) is 6.20 Å². The largest absolute Gasteiger partial charge is 0.302 e. The SMILES string of the molecule is Cc1cccc(Cc2cnc(NC(=O)CCCl)s2)c1. The van der Waals surface area contributed by atoms with E-state index in [4.69, 9.17) is 11.6 Å². The lowest BCUT2D eigenvalue weighted by Crippen LogP contribution is -2.11. The van der Waals surface area contributed by atoms with Gasteiger partial charge in [-0.25, -0.2) is 4.98 Å². The van der Waals surface area contributed by atoms with E-state index in [2.05, 4.69) is 41.5 Å². The number of nitrogens with one attached hydrogen (secondary N) is 1. The van der Waals surface area contributed by atoms with E-state index in [9.17, 15) is 4.79 Å². The number of alkyl halides is 1. The Morgan fingerprint density at radius 3 is 3.05 bits per heavy atom. The first-order chi connectivity index (χ1) is 9.17. The number of aromatic nitrogens is 1. The number of carbonyl (C=O) groups is 1. The molecule has 19 heavy (non-hydrogen) atoms. The zero-order valence-corrected chi connectivity index (χ0v) is 12.2. The number of benzene rings is 1. The maximum atomic E-state index is 11.4. The summed E-state index contributed by atoms with van der Waals surface area (Å²) < 4.78 is 0. The molecule has 3 nitrogen and oxygen atoms in total. The Morgan fingerprint density at radius 1 is 1.47 bits per heavy atom. The smallest absolute Gasteiger partial charge is 0.227 e. The van der Waals surface area contributed by atoms with Gasteiger partial charge in [0, 0.05) is 29.8 Å². The van der Waals surface area contributed by atoms with Crippen molar-refractivity contribution < 1.29 is 4.79 Å². The number of nitrogens with zero attached hydrogens (tertiary/aromatic N) is 1. The Labute approximate surface area is 121 Å². The fourth-order valence-corrected chi connectivity index (χ4v) is 2.77. The van der Waals surface area contributed by atoms with Crippen molar-refractivity contribution in [1.29, 1.82) is 0 Å². The van der Waals surface area contributed by atoms with Crippen LogP contribution in [0.4, 0.5) is 5.13 Å². The molecule has 1 aromatic carbocycles. The Morgan fingerprint density at radius 2 is 2.32 bits per heavy atom. The quantitative estimate of drug-likeness (QED) is 0.856. The number of thiazole rings is 1. The van der Waals surface area contributed by atoms with Crippen molar-refractivity contribution >= 4 is 34.0 Å². The van der Waals surface area contributed by atoms with E-state index in [0.29, 0.717) is 17.4 Å². The average Bonchev–Trinajstić information content (AvgIpc) is 2.76. The van der Waals surface area contributed by atoms with Gasteiger partial charge in [0.2, 0.25) is 5.91 Å². The molecule has 1 amide bonds. The first-order valence-corrected chi connectivity index (χ1v) is 7.38. The highest BCUT2D eigenvalue weighted by atomic mass is 35.5. The van der Waals surface area contributed by atoms with Crippen LogP contribution >= 0.6 is 22.9 Å². The Kier molecular flexibility index (Phi) is 4.93. The summed E-state index contributed by atoms with van der Waals surface area (Å²) in [5.41, 5.74) is 2.50. The predicted molar refractivity (Wildman–Crippen MR) is 80.1 cm³/mol. The zero-order chi connectivity index (χ0) is 13.7. The monoisotopic (exact) mass is 294 g/mol. The van der Waals surface area contributed by atoms with Crippen molar-refractivity contribution in [3.8, 4) is 0 Å². The minimum absolute atomic E-state index is 0.0912. The summed E-state index contributed by atoms with van der Waals surface area (Å²) in [6.07, 6.45) is 2.96. The third-order valence-corrected chi connectivity index (χ3v) is 3.68. The maximum Gasteiger partial charge on any atom is 0.227 e. The molecule has 0 bridgehead atoms. The molecular weight excluding hydrogens is 280 g/mol. The summed E-state index contributed by atoms with van der Waals surface area (Å²) in [5, 5.41) is 3.38. The molecule has 1 N–H and O–H groups in total. The fourth-order valence-electron chi connectivity index (χ4n) is 1.74. The van der Waals surface area contributed by atoms with E-state index < -0.39 is 0 Å². The van der Waals surface area contributed by atoms with Gasteiger partial charge >= 0.3 is 0 Å². The van der Waals surface area contributed by atoms with Crippen LogP contribution in [-0.2, 0) is 11.2 Å². The van der Waals surface area contributed by atoms with E-state index in [1.54, 1.807) is 0 Å². The number of halogens is 1. The molecule has 0 radical (unpaired) electrons. The fraction of sp³-hybridized carbons (Fsp3) is 0.286. The van der Waals surface area contributed by atoms with Gasteiger partial charge in [0.1, 0.15) is 0 Å². The topological polar surface area (TPSA) is 42.0 Å². The van der Waals surface area contributed by atoms with E-state index in [0.717, 1.165) is 11.3 Å². The Balaban J connectivity index is 1.99. The van der Waals surface area contributed by atoms with Gasteiger partial charge < -0.3 is 5.32 Å². The second-order valence-electron chi connectivity index (χ2n) is 4.28. The number of anilines is 1. The molecule has 100 valence electrons. The summed E-state index contributed by atoms with van der Waals surface area (Å²) >= 11 is 7.01. The van der Waals surface area contributed by atoms with E-state index in [-0.39, 0.29) is 5.91 Å². The van der Waals surface area contributed by atoms with Gasteiger partial charge in [-0.3, -0.25) is 4.79 Å². The third-order valence-electron chi connectivity index (χ3n) is 2.58. The molecule has 0 fully saturated rings. The molecular formula is C14H15ClN2OS. The van der Waals surface area contributed by atoms with Crippen molar-refractivity contribution in [2.45, 2.75) is 19.8 Å². The van der Waals surface area contributed by atoms with Crippen LogP contribution < -0.4 is 5.32 Å². The highest BCUT2D eigenvalue weighted by molar-refractivity contribution is 7.15. The van der Waals surface area contributed by atoms with Gasteiger partial charge in [-0.2, -0.15) is 0 Å². The Hall–Kier alpha value is -1.39. The van der Waals surface area contributed by atoms with Gasteiger partial charge in [-0.1, -0.05) is 29.8 Å². The molecule has 0 atom stereocenters. The van der Waals surface area contributed by atoms with Crippen LogP contribution in [-0.4, -0.2) is 16.8 Å². The molecule has 5 heteroatoms. The second kappa shape index (κ2) is 6.68. The first kappa shape index (κ1) is 14.0. The highest BCUT2D eigenvalue weighted by Gasteiger charge is 2.06. The van der Waals surface area contributed by atoms with Crippen molar-refractivity contribution in [3.05, 3.63) is 46.5 Å². The molecule has 2 rings (SSSR count). The summed E-state index contributed by atoms with van der Waals surface area (Å²) in [6, 6.07) is 8.38. The summed E-state index contributed by atoms with van der Waals surface area (Å²) in [6.45, 7) is 2.08. The van der Waals surface area contributed by atoms with Crippen molar-refractivity contribution in [2.75, 3.05) is 11.2 Å². The van der Waals surface area contributed by atoms with Crippen LogP contribution in [0.5, 0.6) is 0 Å². The molecule has 0 spiro atoms. The lowest BCUT2D eigenvalue weighted by molar-refractivity contribution is -0.115. The number of hydrogen-bond acceptors (Lipinski definition) is 3. The van der Waals surface area contributed by atoms with E-state index >= 15 is 0 Å². The van der Waals surface area contributed by atoms with Crippen LogP contribution in [0.1, 0.15) is 22.4 Å². The minimum atomic E-state index is -0.0912. The number of hydrogen-bond donors (Lipinski definition) is 1. The van der Waals surface area contributed by atoms with Crippen molar-refractivity contribution in [2.24, 2.45) is 0 Å². The number of aryl methyl sites for hydroxylation is 1. The minimum Gasteiger partial charge on any atom is -0.302 e. The van der Waals surface area contributed by atoms with Crippen LogP contribution in [0.25, 0.3) is 0 Å². The lowest BCUT2D eigenvalue weighted by Gasteiger charge is -2.00. The molecule has 1 heterocycles. The number of amides is 1. The predicted octanol–water partition coefficient (Wildman–Crippen LogP) is 3.61. The summed E-state index contributed by atoms with van der Waals surface area (Å²) in [4.78, 5) is 16.7. The molecule has 2 aromatic rings. The number of carbonyl (C=O) groups excluding carboxylic acids is 1. The van der Waals surface area contributed by atoms with Gasteiger partial charge in [-0.05, 0) is 12.5 Å². The molecule has 0 aliphatic heterocycles. The third kappa shape index (κ3) is 4.33. The van der Waals surface area contributed by atoms with Crippen molar-refractivity contribution in [3.63, 3.8) is 0 Å². The number of rotatable bonds is 5. The maximum absolute atomic E-state index is 11.4. The lowest BCUT2D eigenvalue weighted by atomic mass is 10.1.